The van der Waals surface area contributed by atoms with Crippen molar-refractivity contribution < 1.29 is 14.3 Å². The SMILES string of the molecule is CCn1cc(C(=O)Nc2cc(C)ccn2)c(=O)c2cc3c(cc21)OCO3. The monoisotopic (exact) mass is 351 g/mol. The van der Waals surface area contributed by atoms with E-state index < -0.39 is 5.91 Å². The Hall–Kier alpha value is -3.35. The van der Waals surface area contributed by atoms with Crippen molar-refractivity contribution in [2.75, 3.05) is 12.1 Å². The van der Waals surface area contributed by atoms with Crippen molar-refractivity contribution in [3.05, 3.63) is 58.0 Å². The molecule has 0 radical (unpaired) electrons. The van der Waals surface area contributed by atoms with Gasteiger partial charge in [-0.2, -0.15) is 0 Å². The van der Waals surface area contributed by atoms with Crippen molar-refractivity contribution in [2.24, 2.45) is 0 Å². The number of nitrogens with one attached hydrogen (secondary N) is 1. The van der Waals surface area contributed by atoms with Crippen molar-refractivity contribution in [3.8, 4) is 11.5 Å². The third-order valence-corrected chi connectivity index (χ3v) is 4.32. The van der Waals surface area contributed by atoms with Crippen LogP contribution >= 0.6 is 0 Å². The number of rotatable bonds is 3. The molecule has 0 saturated carbocycles. The van der Waals surface area contributed by atoms with Gasteiger partial charge in [-0.3, -0.25) is 9.59 Å². The van der Waals surface area contributed by atoms with Gasteiger partial charge in [0.2, 0.25) is 12.2 Å². The third-order valence-electron chi connectivity index (χ3n) is 4.32. The minimum Gasteiger partial charge on any atom is -0.454 e. The van der Waals surface area contributed by atoms with E-state index in [0.29, 0.717) is 34.8 Å². The predicted octanol–water partition coefficient (Wildman–Crippen LogP) is 2.71. The van der Waals surface area contributed by atoms with E-state index >= 15 is 0 Å². The van der Waals surface area contributed by atoms with Crippen LogP contribution in [0, 0.1) is 6.92 Å². The van der Waals surface area contributed by atoms with Crippen LogP contribution in [0.1, 0.15) is 22.8 Å². The van der Waals surface area contributed by atoms with Crippen LogP contribution in [0.4, 0.5) is 5.82 Å². The highest BCUT2D eigenvalue weighted by Crippen LogP contribution is 2.35. The van der Waals surface area contributed by atoms with E-state index in [1.165, 1.54) is 0 Å². The fourth-order valence-corrected chi connectivity index (χ4v) is 2.99. The van der Waals surface area contributed by atoms with Gasteiger partial charge in [-0.25, -0.2) is 4.98 Å². The topological polar surface area (TPSA) is 82.5 Å². The van der Waals surface area contributed by atoms with Gasteiger partial charge in [0.15, 0.2) is 11.5 Å². The van der Waals surface area contributed by atoms with E-state index in [9.17, 15) is 9.59 Å². The number of hydrogen-bond donors (Lipinski definition) is 1. The lowest BCUT2D eigenvalue weighted by Gasteiger charge is -2.12. The molecular formula is C19H17N3O4. The summed E-state index contributed by atoms with van der Waals surface area (Å²) in [5, 5.41) is 3.11. The fourth-order valence-electron chi connectivity index (χ4n) is 2.99. The number of pyridine rings is 2. The lowest BCUT2D eigenvalue weighted by Crippen LogP contribution is -2.24. The Kier molecular flexibility index (Phi) is 3.84. The second-order valence-corrected chi connectivity index (χ2v) is 6.05. The van der Waals surface area contributed by atoms with Crippen molar-refractivity contribution in [3.63, 3.8) is 0 Å². The highest BCUT2D eigenvalue weighted by atomic mass is 16.7. The Labute approximate surface area is 149 Å². The molecule has 1 amide bonds. The van der Waals surface area contributed by atoms with E-state index in [4.69, 9.17) is 9.47 Å². The molecule has 1 aromatic carbocycles. The summed E-state index contributed by atoms with van der Waals surface area (Å²) in [5.74, 6) is 1.02. The van der Waals surface area contributed by atoms with E-state index in [1.807, 2.05) is 24.5 Å². The Bertz CT molecular complexity index is 1090. The molecule has 3 heterocycles. The molecule has 0 spiro atoms. The number of nitrogens with zero attached hydrogens (tertiary/aromatic N) is 2. The summed E-state index contributed by atoms with van der Waals surface area (Å²) < 4.78 is 12.6. The number of carbonyl (C=O) groups is 1. The van der Waals surface area contributed by atoms with Gasteiger partial charge in [0.05, 0.1) is 10.9 Å². The maximum Gasteiger partial charge on any atom is 0.262 e. The normalized spacial score (nSPS) is 12.4. The molecule has 7 nitrogen and oxygen atoms in total. The van der Waals surface area contributed by atoms with Gasteiger partial charge in [-0.15, -0.1) is 0 Å². The lowest BCUT2D eigenvalue weighted by atomic mass is 10.1. The average molecular weight is 351 g/mol. The molecule has 1 aliphatic rings. The second-order valence-electron chi connectivity index (χ2n) is 6.05. The number of ether oxygens (including phenoxy) is 2. The van der Waals surface area contributed by atoms with Crippen molar-refractivity contribution in [1.29, 1.82) is 0 Å². The van der Waals surface area contributed by atoms with Crippen molar-refractivity contribution >= 4 is 22.6 Å². The third kappa shape index (κ3) is 2.67. The molecule has 4 rings (SSSR count). The zero-order valence-electron chi connectivity index (χ0n) is 14.4. The molecule has 7 heteroatoms. The smallest absolute Gasteiger partial charge is 0.262 e. The van der Waals surface area contributed by atoms with Gasteiger partial charge in [-0.05, 0) is 37.6 Å². The standard InChI is InChI=1S/C19H17N3O4/c1-3-22-9-13(19(24)21-17-6-11(2)4-5-20-17)18(23)12-7-15-16(8-14(12)22)26-10-25-15/h4-9H,3,10H2,1-2H3,(H,20,21,24). The van der Waals surface area contributed by atoms with E-state index in [1.54, 1.807) is 30.6 Å². The van der Waals surface area contributed by atoms with Gasteiger partial charge >= 0.3 is 0 Å². The summed E-state index contributed by atoms with van der Waals surface area (Å²) in [6, 6.07) is 6.98. The first-order valence-corrected chi connectivity index (χ1v) is 8.27. The summed E-state index contributed by atoms with van der Waals surface area (Å²) in [4.78, 5) is 29.7. The molecule has 0 unspecified atom stereocenters. The maximum absolute atomic E-state index is 12.9. The number of benzene rings is 1. The highest BCUT2D eigenvalue weighted by molar-refractivity contribution is 6.05. The molecule has 0 bridgehead atoms. The lowest BCUT2D eigenvalue weighted by molar-refractivity contribution is 0.102. The van der Waals surface area contributed by atoms with Crippen LogP contribution in [0.25, 0.3) is 10.9 Å². The number of aromatic nitrogens is 2. The van der Waals surface area contributed by atoms with Gasteiger partial charge in [0, 0.05) is 25.0 Å². The number of hydrogen-bond acceptors (Lipinski definition) is 5. The van der Waals surface area contributed by atoms with Crippen LogP contribution in [0.3, 0.4) is 0 Å². The van der Waals surface area contributed by atoms with E-state index in [0.717, 1.165) is 5.56 Å². The summed E-state index contributed by atoms with van der Waals surface area (Å²) >= 11 is 0. The first kappa shape index (κ1) is 16.1. The molecular weight excluding hydrogens is 334 g/mol. The van der Waals surface area contributed by atoms with Gasteiger partial charge < -0.3 is 19.4 Å². The summed E-state index contributed by atoms with van der Waals surface area (Å²) in [7, 11) is 0. The minimum atomic E-state index is -0.491. The maximum atomic E-state index is 12.9. The molecule has 0 atom stereocenters. The Balaban J connectivity index is 1.82. The van der Waals surface area contributed by atoms with Crippen LogP contribution in [0.2, 0.25) is 0 Å². The second kappa shape index (κ2) is 6.18. The Morgan fingerprint density at radius 3 is 2.77 bits per heavy atom. The van der Waals surface area contributed by atoms with Crippen LogP contribution in [0.5, 0.6) is 11.5 Å². The van der Waals surface area contributed by atoms with Gasteiger partial charge in [-0.1, -0.05) is 0 Å². The molecule has 0 aliphatic carbocycles. The number of anilines is 1. The van der Waals surface area contributed by atoms with Crippen molar-refractivity contribution in [2.45, 2.75) is 20.4 Å². The van der Waals surface area contributed by atoms with Crippen molar-refractivity contribution in [1.82, 2.24) is 9.55 Å². The molecule has 3 aromatic rings. The minimum absolute atomic E-state index is 0.0570. The molecule has 2 aromatic heterocycles. The first-order chi connectivity index (χ1) is 12.6. The Morgan fingerprint density at radius 2 is 2.04 bits per heavy atom. The zero-order valence-corrected chi connectivity index (χ0v) is 14.4. The van der Waals surface area contributed by atoms with Crippen LogP contribution < -0.4 is 20.2 Å². The van der Waals surface area contributed by atoms with Crippen LogP contribution in [-0.4, -0.2) is 22.3 Å². The average Bonchev–Trinajstić information content (AvgIpc) is 3.08. The first-order valence-electron chi connectivity index (χ1n) is 8.27. The predicted molar refractivity (Wildman–Crippen MR) is 96.9 cm³/mol. The molecule has 26 heavy (non-hydrogen) atoms. The number of carbonyl (C=O) groups excluding carboxylic acids is 1. The number of amides is 1. The van der Waals surface area contributed by atoms with Crippen LogP contribution in [0.15, 0.2) is 41.5 Å². The largest absolute Gasteiger partial charge is 0.454 e. The Morgan fingerprint density at radius 1 is 1.27 bits per heavy atom. The van der Waals surface area contributed by atoms with E-state index in [2.05, 4.69) is 10.3 Å². The van der Waals surface area contributed by atoms with E-state index in [-0.39, 0.29) is 17.8 Å². The highest BCUT2D eigenvalue weighted by Gasteiger charge is 2.20. The summed E-state index contributed by atoms with van der Waals surface area (Å²) in [6.45, 7) is 4.57. The molecule has 0 fully saturated rings. The molecule has 1 N–H and O–H groups in total. The van der Waals surface area contributed by atoms with Gasteiger partial charge in [0.25, 0.3) is 5.91 Å². The molecule has 0 saturated heterocycles. The quantitative estimate of drug-likeness (QED) is 0.784. The number of fused-ring (bicyclic) bond motifs is 2. The molecule has 1 aliphatic heterocycles. The fraction of sp³-hybridized carbons (Fsp3) is 0.211. The van der Waals surface area contributed by atoms with Gasteiger partial charge in [0.1, 0.15) is 11.4 Å². The zero-order chi connectivity index (χ0) is 18.3. The summed E-state index contributed by atoms with van der Waals surface area (Å²) in [5.41, 5.74) is 1.37. The molecule has 132 valence electrons. The van der Waals surface area contributed by atoms with Crippen LogP contribution in [-0.2, 0) is 6.54 Å². The number of aryl methyl sites for hydroxylation is 2. The summed E-state index contributed by atoms with van der Waals surface area (Å²) in [6.07, 6.45) is 3.17.